The maximum Gasteiger partial charge on any atom is 0.113 e. The zero-order valence-electron chi connectivity index (χ0n) is 11.3. The predicted octanol–water partition coefficient (Wildman–Crippen LogP) is 3.71. The lowest BCUT2D eigenvalue weighted by Gasteiger charge is -2.17. The molecule has 0 fully saturated rings. The molecular weight excluding hydrogens is 266 g/mol. The molecule has 3 nitrogen and oxygen atoms in total. The largest absolute Gasteiger partial charge is 0.355 e. The van der Waals surface area contributed by atoms with Gasteiger partial charge in [0.05, 0.1) is 34.8 Å². The summed E-state index contributed by atoms with van der Waals surface area (Å²) in [7, 11) is 2.14. The Kier molecular flexibility index (Phi) is 2.63. The van der Waals surface area contributed by atoms with Crippen LogP contribution in [0.25, 0.3) is 10.2 Å². The molecule has 0 saturated carbocycles. The Morgan fingerprint density at radius 2 is 1.80 bits per heavy atom. The maximum absolute atomic E-state index is 4.73. The monoisotopic (exact) mass is 281 g/mol. The second-order valence-corrected chi connectivity index (χ2v) is 6.22. The number of fused-ring (bicyclic) bond motifs is 2. The van der Waals surface area contributed by atoms with E-state index in [-0.39, 0.29) is 0 Å². The zero-order chi connectivity index (χ0) is 13.5. The molecule has 2 aromatic carbocycles. The molecule has 100 valence electrons. The van der Waals surface area contributed by atoms with E-state index in [1.165, 1.54) is 21.1 Å². The van der Waals surface area contributed by atoms with E-state index in [1.807, 2.05) is 6.07 Å². The van der Waals surface area contributed by atoms with Gasteiger partial charge in [0.2, 0.25) is 0 Å². The number of para-hydroxylation sites is 3. The Labute approximate surface area is 122 Å². The summed E-state index contributed by atoms with van der Waals surface area (Å²) >= 11 is 1.79. The number of thiazole rings is 1. The van der Waals surface area contributed by atoms with Crippen LogP contribution in [0, 0.1) is 0 Å². The second-order valence-electron chi connectivity index (χ2n) is 5.10. The van der Waals surface area contributed by atoms with Crippen LogP contribution < -0.4 is 9.80 Å². The van der Waals surface area contributed by atoms with Crippen LogP contribution in [0.3, 0.4) is 0 Å². The summed E-state index contributed by atoms with van der Waals surface area (Å²) in [5.41, 5.74) is 3.70. The first-order valence-corrected chi connectivity index (χ1v) is 7.52. The van der Waals surface area contributed by atoms with Gasteiger partial charge in [-0.05, 0) is 24.3 Å². The first-order valence-electron chi connectivity index (χ1n) is 6.71. The van der Waals surface area contributed by atoms with Gasteiger partial charge in [-0.15, -0.1) is 11.3 Å². The highest BCUT2D eigenvalue weighted by molar-refractivity contribution is 7.18. The minimum absolute atomic E-state index is 0.876. The molecule has 0 unspecified atom stereocenters. The highest BCUT2D eigenvalue weighted by Gasteiger charge is 2.23. The van der Waals surface area contributed by atoms with Crippen molar-refractivity contribution >= 4 is 32.9 Å². The van der Waals surface area contributed by atoms with E-state index in [4.69, 9.17) is 4.98 Å². The molecule has 0 aliphatic carbocycles. The Morgan fingerprint density at radius 3 is 2.65 bits per heavy atom. The average molecular weight is 281 g/mol. The van der Waals surface area contributed by atoms with Crippen LogP contribution in [0.5, 0.6) is 0 Å². The van der Waals surface area contributed by atoms with Crippen molar-refractivity contribution in [2.75, 3.05) is 23.5 Å². The number of rotatable bonds is 2. The first kappa shape index (κ1) is 11.7. The lowest BCUT2D eigenvalue weighted by atomic mass is 10.2. The van der Waals surface area contributed by atoms with Crippen molar-refractivity contribution in [3.8, 4) is 0 Å². The van der Waals surface area contributed by atoms with Crippen molar-refractivity contribution in [3.63, 3.8) is 0 Å². The van der Waals surface area contributed by atoms with Gasteiger partial charge in [0.25, 0.3) is 0 Å². The van der Waals surface area contributed by atoms with E-state index < -0.39 is 0 Å². The third-order valence-corrected chi connectivity index (χ3v) is 4.70. The first-order chi connectivity index (χ1) is 9.81. The summed E-state index contributed by atoms with van der Waals surface area (Å²) in [6.45, 7) is 1.80. The summed E-state index contributed by atoms with van der Waals surface area (Å²) in [5, 5.41) is 1.18. The minimum atomic E-state index is 0.876. The van der Waals surface area contributed by atoms with Crippen LogP contribution in [-0.2, 0) is 6.54 Å². The molecule has 20 heavy (non-hydrogen) atoms. The highest BCUT2D eigenvalue weighted by atomic mass is 32.1. The Balaban J connectivity index is 1.67. The number of benzene rings is 2. The Hall–Kier alpha value is -2.07. The smallest absolute Gasteiger partial charge is 0.113 e. The van der Waals surface area contributed by atoms with Crippen LogP contribution in [-0.4, -0.2) is 18.7 Å². The van der Waals surface area contributed by atoms with Crippen molar-refractivity contribution in [1.82, 2.24) is 4.98 Å². The number of nitrogens with zero attached hydrogens (tertiary/aromatic N) is 3. The average Bonchev–Trinajstić information content (AvgIpc) is 3.01. The highest BCUT2D eigenvalue weighted by Crippen LogP contribution is 2.36. The quantitative estimate of drug-likeness (QED) is 0.714. The minimum Gasteiger partial charge on any atom is -0.355 e. The lowest BCUT2D eigenvalue weighted by molar-refractivity contribution is 0.813. The zero-order valence-corrected chi connectivity index (χ0v) is 12.1. The molecule has 1 aliphatic heterocycles. The SMILES string of the molecule is CN1CN(Cc2nc3ccccc3s2)c2ccccc21. The molecule has 0 amide bonds. The fourth-order valence-electron chi connectivity index (χ4n) is 2.75. The van der Waals surface area contributed by atoms with Crippen LogP contribution in [0.15, 0.2) is 48.5 Å². The molecule has 3 aromatic rings. The summed E-state index contributed by atoms with van der Waals surface area (Å²) < 4.78 is 1.27. The number of aromatic nitrogens is 1. The molecular formula is C16H15N3S. The van der Waals surface area contributed by atoms with Gasteiger partial charge in [-0.25, -0.2) is 4.98 Å². The van der Waals surface area contributed by atoms with E-state index in [0.29, 0.717) is 0 Å². The third-order valence-electron chi connectivity index (χ3n) is 3.68. The molecule has 0 radical (unpaired) electrons. The number of hydrogen-bond acceptors (Lipinski definition) is 4. The molecule has 0 spiro atoms. The van der Waals surface area contributed by atoms with Crippen LogP contribution in [0.1, 0.15) is 5.01 Å². The van der Waals surface area contributed by atoms with Gasteiger partial charge in [0.15, 0.2) is 0 Å². The molecule has 0 bridgehead atoms. The topological polar surface area (TPSA) is 19.4 Å². The second kappa shape index (κ2) is 4.49. The Bertz CT molecular complexity index is 732. The van der Waals surface area contributed by atoms with Gasteiger partial charge in [0, 0.05) is 7.05 Å². The van der Waals surface area contributed by atoms with E-state index in [9.17, 15) is 0 Å². The summed E-state index contributed by atoms with van der Waals surface area (Å²) in [6, 6.07) is 16.9. The predicted molar refractivity (Wildman–Crippen MR) is 85.5 cm³/mol. The lowest BCUT2D eigenvalue weighted by Crippen LogP contribution is -2.27. The van der Waals surface area contributed by atoms with Crippen molar-refractivity contribution in [3.05, 3.63) is 53.5 Å². The van der Waals surface area contributed by atoms with Crippen molar-refractivity contribution in [2.24, 2.45) is 0 Å². The molecule has 4 rings (SSSR count). The van der Waals surface area contributed by atoms with E-state index in [1.54, 1.807) is 11.3 Å². The summed E-state index contributed by atoms with van der Waals surface area (Å²) in [6.07, 6.45) is 0. The van der Waals surface area contributed by atoms with Gasteiger partial charge in [-0.1, -0.05) is 24.3 Å². The normalized spacial score (nSPS) is 14.1. The molecule has 4 heteroatoms. The van der Waals surface area contributed by atoms with Gasteiger partial charge in [0.1, 0.15) is 5.01 Å². The van der Waals surface area contributed by atoms with Gasteiger partial charge >= 0.3 is 0 Å². The van der Waals surface area contributed by atoms with Gasteiger partial charge in [-0.2, -0.15) is 0 Å². The standard InChI is InChI=1S/C16H15N3S/c1-18-11-19(14-8-4-3-7-13(14)18)10-16-17-12-6-2-5-9-15(12)20-16/h2-9H,10-11H2,1H3. The Morgan fingerprint density at radius 1 is 1.05 bits per heavy atom. The van der Waals surface area contributed by atoms with Crippen molar-refractivity contribution < 1.29 is 0 Å². The number of hydrogen-bond donors (Lipinski definition) is 0. The molecule has 1 aromatic heterocycles. The fourth-order valence-corrected chi connectivity index (χ4v) is 3.73. The number of anilines is 2. The van der Waals surface area contributed by atoms with E-state index in [2.05, 4.69) is 59.3 Å². The van der Waals surface area contributed by atoms with Gasteiger partial charge < -0.3 is 9.80 Å². The summed E-state index contributed by atoms with van der Waals surface area (Å²) in [4.78, 5) is 9.39. The molecule has 0 atom stereocenters. The van der Waals surface area contributed by atoms with E-state index >= 15 is 0 Å². The van der Waals surface area contributed by atoms with Crippen LogP contribution in [0.2, 0.25) is 0 Å². The van der Waals surface area contributed by atoms with Crippen LogP contribution >= 0.6 is 11.3 Å². The summed E-state index contributed by atoms with van der Waals surface area (Å²) in [5.74, 6) is 0. The van der Waals surface area contributed by atoms with Crippen LogP contribution in [0.4, 0.5) is 11.4 Å². The maximum atomic E-state index is 4.73. The third kappa shape index (κ3) is 1.84. The molecule has 0 N–H and O–H groups in total. The van der Waals surface area contributed by atoms with E-state index in [0.717, 1.165) is 18.7 Å². The molecule has 0 saturated heterocycles. The van der Waals surface area contributed by atoms with Gasteiger partial charge in [-0.3, -0.25) is 0 Å². The molecule has 1 aliphatic rings. The fraction of sp³-hybridized carbons (Fsp3) is 0.188. The van der Waals surface area contributed by atoms with Crippen molar-refractivity contribution in [1.29, 1.82) is 0 Å². The van der Waals surface area contributed by atoms with Crippen molar-refractivity contribution in [2.45, 2.75) is 6.54 Å². The molecule has 2 heterocycles.